The Morgan fingerprint density at radius 1 is 1.28 bits per heavy atom. The van der Waals surface area contributed by atoms with E-state index in [0.717, 1.165) is 5.57 Å². The minimum absolute atomic E-state index is 0. The van der Waals surface area contributed by atoms with Crippen molar-refractivity contribution in [1.29, 1.82) is 0 Å². The van der Waals surface area contributed by atoms with Crippen molar-refractivity contribution in [3.05, 3.63) is 23.8 Å². The largest absolute Gasteiger partial charge is 1.00 e. The summed E-state index contributed by atoms with van der Waals surface area (Å²) in [4.78, 5) is 35.8. The summed E-state index contributed by atoms with van der Waals surface area (Å²) in [5.74, 6) is -3.41. The summed E-state index contributed by atoms with van der Waals surface area (Å²) in [7, 11) is -4.28. The molecule has 0 spiro atoms. The predicted molar refractivity (Wildman–Crippen MR) is 122 cm³/mol. The molecule has 4 unspecified atom stereocenters. The van der Waals surface area contributed by atoms with Crippen molar-refractivity contribution >= 4 is 27.7 Å². The molecule has 194 valence electrons. The maximum atomic E-state index is 13.2. The zero-order valence-corrected chi connectivity index (χ0v) is 24.0. The quantitative estimate of drug-likeness (QED) is 0.263. The van der Waals surface area contributed by atoms with Gasteiger partial charge in [-0.05, 0) is 55.6 Å². The molecule has 0 aromatic carbocycles. The summed E-state index contributed by atoms with van der Waals surface area (Å²) in [5, 5.41) is 33.6. The van der Waals surface area contributed by atoms with Crippen LogP contribution in [0.5, 0.6) is 0 Å². The minimum atomic E-state index is -4.28. The van der Waals surface area contributed by atoms with Gasteiger partial charge in [0, 0.05) is 29.1 Å². The first-order chi connectivity index (χ1) is 16.1. The third-order valence-electron chi connectivity index (χ3n) is 9.36. The molecule has 4 aliphatic rings. The van der Waals surface area contributed by atoms with Crippen LogP contribution in [0, 0.1) is 34.5 Å². The van der Waals surface area contributed by atoms with E-state index < -0.39 is 63.2 Å². The van der Waals surface area contributed by atoms with Gasteiger partial charge >= 0.3 is 29.6 Å². The topological polar surface area (TPSA) is 158 Å². The van der Waals surface area contributed by atoms with E-state index in [4.69, 9.17) is 4.18 Å². The van der Waals surface area contributed by atoms with Gasteiger partial charge in [0.25, 0.3) is 10.1 Å². The van der Waals surface area contributed by atoms with Gasteiger partial charge in [0.1, 0.15) is 12.2 Å². The second-order valence-corrected chi connectivity index (χ2v) is 13.0. The van der Waals surface area contributed by atoms with Crippen LogP contribution in [0.2, 0.25) is 0 Å². The number of carboxylic acids is 1. The Labute approximate surface area is 233 Å². The Hall–Kier alpha value is -0.880. The maximum Gasteiger partial charge on any atom is 1.00 e. The molecule has 4 rings (SSSR count). The van der Waals surface area contributed by atoms with Crippen molar-refractivity contribution in [3.63, 3.8) is 0 Å². The van der Waals surface area contributed by atoms with Gasteiger partial charge in [-0.2, -0.15) is 8.42 Å². The molecule has 11 heteroatoms. The van der Waals surface area contributed by atoms with Crippen LogP contribution in [-0.4, -0.2) is 60.2 Å². The number of hydrogen-bond acceptors (Lipinski definition) is 9. The second-order valence-electron chi connectivity index (χ2n) is 11.2. The fourth-order valence-electron chi connectivity index (χ4n) is 7.74. The number of rotatable bonds is 7. The molecule has 36 heavy (non-hydrogen) atoms. The smallest absolute Gasteiger partial charge is 0.550 e. The molecule has 2 N–H and O–H groups in total. The maximum absolute atomic E-state index is 13.2. The Morgan fingerprint density at radius 2 is 1.94 bits per heavy atom. The molecule has 9 nitrogen and oxygen atoms in total. The van der Waals surface area contributed by atoms with E-state index >= 15 is 0 Å². The minimum Gasteiger partial charge on any atom is -0.550 e. The summed E-state index contributed by atoms with van der Waals surface area (Å²) >= 11 is 0. The average Bonchev–Trinajstić information content (AvgIpc) is 3.03. The molecule has 0 amide bonds. The number of carbonyl (C=O) groups is 3. The average molecular weight is 533 g/mol. The van der Waals surface area contributed by atoms with Crippen LogP contribution in [-0.2, 0) is 28.7 Å². The van der Waals surface area contributed by atoms with Crippen LogP contribution in [0.1, 0.15) is 52.9 Å². The number of Topliss-reactive ketones (excluding diaryl/α,β-unsaturated/α-hetero) is 1. The summed E-state index contributed by atoms with van der Waals surface area (Å²) < 4.78 is 28.7. The van der Waals surface area contributed by atoms with Gasteiger partial charge in [0.2, 0.25) is 0 Å². The Bertz CT molecular complexity index is 1110. The Morgan fingerprint density at radius 3 is 2.58 bits per heavy atom. The predicted octanol–water partition coefficient (Wildman–Crippen LogP) is -2.70. The molecule has 4 aliphatic carbocycles. The molecular weight excluding hydrogens is 499 g/mol. The van der Waals surface area contributed by atoms with Crippen molar-refractivity contribution in [2.45, 2.75) is 64.6 Å². The number of carboxylic acid groups (broad SMARTS) is 1. The number of aliphatic hydroxyl groups is 2. The van der Waals surface area contributed by atoms with Crippen LogP contribution in [0.25, 0.3) is 0 Å². The fourth-order valence-corrected chi connectivity index (χ4v) is 8.56. The van der Waals surface area contributed by atoms with Crippen molar-refractivity contribution in [2.24, 2.45) is 34.5 Å². The van der Waals surface area contributed by atoms with E-state index in [1.165, 1.54) is 0 Å². The molecule has 0 saturated heterocycles. The van der Waals surface area contributed by atoms with Gasteiger partial charge in [-0.1, -0.05) is 32.4 Å². The Balaban J connectivity index is 0.00000361. The SMILES string of the molecule is C[C@H]1CC2C(C(O)C[C@@]3(C)C2CC[C@]3(O)C(=O)COS(=O)(=O)CCC(=O)[O-])[C@@]2(C)C=CC(=O)C=C12.[Na+]. The molecule has 0 bridgehead atoms. The first-order valence-corrected chi connectivity index (χ1v) is 13.7. The summed E-state index contributed by atoms with van der Waals surface area (Å²) in [6, 6.07) is 0. The third kappa shape index (κ3) is 4.72. The van der Waals surface area contributed by atoms with Gasteiger partial charge in [0.05, 0.1) is 11.9 Å². The molecule has 0 aliphatic heterocycles. The second kappa shape index (κ2) is 10.0. The zero-order valence-electron chi connectivity index (χ0n) is 21.2. The van der Waals surface area contributed by atoms with Crippen molar-refractivity contribution in [2.75, 3.05) is 12.4 Å². The van der Waals surface area contributed by atoms with Gasteiger partial charge in [-0.3, -0.25) is 13.8 Å². The Kier molecular flexibility index (Phi) is 8.26. The molecule has 0 radical (unpaired) electrons. The summed E-state index contributed by atoms with van der Waals surface area (Å²) in [6.07, 6.45) is 5.03. The first-order valence-electron chi connectivity index (χ1n) is 12.1. The van der Waals surface area contributed by atoms with Crippen molar-refractivity contribution in [1.82, 2.24) is 0 Å². The monoisotopic (exact) mass is 532 g/mol. The van der Waals surface area contributed by atoms with Gasteiger partial charge < -0.3 is 20.1 Å². The number of aliphatic hydroxyl groups excluding tert-OH is 1. The van der Waals surface area contributed by atoms with E-state index in [1.54, 1.807) is 19.1 Å². The summed E-state index contributed by atoms with van der Waals surface area (Å²) in [6.45, 7) is 4.98. The van der Waals surface area contributed by atoms with Gasteiger partial charge in [-0.15, -0.1) is 0 Å². The van der Waals surface area contributed by atoms with Crippen molar-refractivity contribution < 1.29 is 71.9 Å². The molecule has 0 aromatic heterocycles. The third-order valence-corrected chi connectivity index (χ3v) is 10.5. The number of ketones is 2. The molecule has 8 atom stereocenters. The molecule has 3 saturated carbocycles. The van der Waals surface area contributed by atoms with Crippen LogP contribution in [0.15, 0.2) is 23.8 Å². The van der Waals surface area contributed by atoms with Crippen LogP contribution in [0.4, 0.5) is 0 Å². The fraction of sp³-hybridized carbons (Fsp3) is 0.720. The van der Waals surface area contributed by atoms with Crippen LogP contribution < -0.4 is 34.7 Å². The number of fused-ring (bicyclic) bond motifs is 5. The number of allylic oxidation sites excluding steroid dienone is 4. The molecule has 3 fully saturated rings. The van der Waals surface area contributed by atoms with Crippen molar-refractivity contribution in [3.8, 4) is 0 Å². The van der Waals surface area contributed by atoms with E-state index in [-0.39, 0.29) is 71.9 Å². The van der Waals surface area contributed by atoms with E-state index in [9.17, 15) is 38.1 Å². The summed E-state index contributed by atoms with van der Waals surface area (Å²) in [5.41, 5.74) is -2.37. The number of aliphatic carboxylic acids is 1. The zero-order chi connectivity index (χ0) is 26.0. The van der Waals surface area contributed by atoms with Crippen LogP contribution in [0.3, 0.4) is 0 Å². The standard InChI is InChI=1S/C25H34O9S.Na/c1-14-10-16-17-5-8-25(31,20(28)13-34-35(32,33)9-6-21(29)30)24(17,3)12-19(27)22(16)23(2)7-4-15(26)11-18(14)23;/h4,7,11,14,16-17,19,22,27,31H,5-6,8-10,12-13H2,1-3H3,(H,29,30);/q;+1/p-1/t14-,16?,17?,19?,22?,23-,24-,25-;/m0./s1. The first kappa shape index (κ1) is 29.7. The van der Waals surface area contributed by atoms with E-state index in [1.807, 2.05) is 13.0 Å². The normalized spacial score (nSPS) is 41.4. The van der Waals surface area contributed by atoms with Crippen LogP contribution >= 0.6 is 0 Å². The molecule has 0 aromatic rings. The molecule has 0 heterocycles. The van der Waals surface area contributed by atoms with Gasteiger partial charge in [0.15, 0.2) is 11.6 Å². The molecular formula is C25H33NaO9S. The number of carbonyl (C=O) groups excluding carboxylic acids is 3. The number of hydrogen-bond donors (Lipinski definition) is 2. The van der Waals surface area contributed by atoms with Gasteiger partial charge in [-0.25, -0.2) is 0 Å². The van der Waals surface area contributed by atoms with E-state index in [0.29, 0.717) is 12.8 Å². The van der Waals surface area contributed by atoms with E-state index in [2.05, 4.69) is 6.92 Å².